The number of allylic oxidation sites excluding steroid dienone is 1. The first-order chi connectivity index (χ1) is 11.7. The minimum absolute atomic E-state index is 0.561. The molecule has 0 atom stereocenters. The molecule has 1 aromatic carbocycles. The lowest BCUT2D eigenvalue weighted by Crippen LogP contribution is -2.09. The molecule has 126 valence electrons. The Balaban J connectivity index is 1.58. The number of halogens is 1. The van der Waals surface area contributed by atoms with E-state index in [4.69, 9.17) is 0 Å². The highest BCUT2D eigenvalue weighted by atomic mass is 79.9. The normalized spacial score (nSPS) is 14.2. The molecule has 6 heteroatoms. The molecule has 2 aromatic rings. The maximum Gasteiger partial charge on any atom is 0.244 e. The molecule has 0 unspecified atom stereocenters. The highest BCUT2D eigenvalue weighted by Gasteiger charge is 2.06. The lowest BCUT2D eigenvalue weighted by Gasteiger charge is -2.13. The molecule has 0 saturated heterocycles. The predicted molar refractivity (Wildman–Crippen MR) is 102 cm³/mol. The quantitative estimate of drug-likeness (QED) is 0.683. The summed E-state index contributed by atoms with van der Waals surface area (Å²) in [6.45, 7) is 2.90. The van der Waals surface area contributed by atoms with Crippen LogP contribution in [0.1, 0.15) is 37.7 Å². The van der Waals surface area contributed by atoms with Gasteiger partial charge in [0.25, 0.3) is 0 Å². The molecule has 0 amide bonds. The third kappa shape index (κ3) is 4.77. The molecule has 24 heavy (non-hydrogen) atoms. The Labute approximate surface area is 151 Å². The number of nitrogens with zero attached hydrogens (tertiary/aromatic N) is 3. The van der Waals surface area contributed by atoms with Gasteiger partial charge in [-0.05, 0) is 62.8 Å². The van der Waals surface area contributed by atoms with E-state index >= 15 is 0 Å². The second-order valence-corrected chi connectivity index (χ2v) is 6.95. The molecule has 1 aromatic heterocycles. The molecule has 0 fully saturated rings. The van der Waals surface area contributed by atoms with E-state index in [1.807, 2.05) is 12.1 Å². The zero-order valence-electron chi connectivity index (χ0n) is 13.8. The molecular formula is C18H22BrN5. The topological polar surface area (TPSA) is 62.7 Å². The number of hydrogen-bond acceptors (Lipinski definition) is 5. The minimum atomic E-state index is 0.561. The van der Waals surface area contributed by atoms with Crippen LogP contribution in [0.4, 0.5) is 17.5 Å². The van der Waals surface area contributed by atoms with Crippen molar-refractivity contribution in [1.29, 1.82) is 0 Å². The van der Waals surface area contributed by atoms with E-state index in [9.17, 15) is 0 Å². The van der Waals surface area contributed by atoms with E-state index in [1.54, 1.807) is 11.8 Å². The number of anilines is 3. The summed E-state index contributed by atoms with van der Waals surface area (Å²) in [7, 11) is 0. The summed E-state index contributed by atoms with van der Waals surface area (Å²) in [6, 6.07) is 6.08. The van der Waals surface area contributed by atoms with Crippen molar-refractivity contribution in [3.8, 4) is 0 Å². The van der Waals surface area contributed by atoms with E-state index in [-0.39, 0.29) is 0 Å². The van der Waals surface area contributed by atoms with Gasteiger partial charge in [0.1, 0.15) is 0 Å². The van der Waals surface area contributed by atoms with Crippen molar-refractivity contribution >= 4 is 33.4 Å². The molecule has 2 N–H and O–H groups in total. The zero-order valence-corrected chi connectivity index (χ0v) is 15.4. The lowest BCUT2D eigenvalue weighted by atomic mass is 9.97. The molecule has 3 rings (SSSR count). The SMILES string of the molecule is Cc1cc(Br)ccc1Nc1cnnc(NCCC2=CCCCC2)n1. The summed E-state index contributed by atoms with van der Waals surface area (Å²) in [6.07, 6.45) is 10.1. The van der Waals surface area contributed by atoms with Crippen molar-refractivity contribution in [1.82, 2.24) is 15.2 Å². The average Bonchev–Trinajstić information content (AvgIpc) is 2.59. The highest BCUT2D eigenvalue weighted by molar-refractivity contribution is 9.10. The van der Waals surface area contributed by atoms with E-state index in [2.05, 4.69) is 60.8 Å². The minimum Gasteiger partial charge on any atom is -0.353 e. The van der Waals surface area contributed by atoms with Gasteiger partial charge in [-0.1, -0.05) is 27.6 Å². The van der Waals surface area contributed by atoms with Crippen LogP contribution in [0.5, 0.6) is 0 Å². The Morgan fingerprint density at radius 2 is 2.17 bits per heavy atom. The molecule has 1 aliphatic carbocycles. The molecule has 0 spiro atoms. The second kappa shape index (κ2) is 8.24. The molecule has 1 aliphatic rings. The summed E-state index contributed by atoms with van der Waals surface area (Å²) in [5.74, 6) is 1.25. The van der Waals surface area contributed by atoms with Crippen LogP contribution in [0.3, 0.4) is 0 Å². The van der Waals surface area contributed by atoms with Gasteiger partial charge in [-0.3, -0.25) is 0 Å². The van der Waals surface area contributed by atoms with Crippen LogP contribution in [0, 0.1) is 6.92 Å². The summed E-state index contributed by atoms with van der Waals surface area (Å²) in [5.41, 5.74) is 3.69. The number of aromatic nitrogens is 3. The monoisotopic (exact) mass is 387 g/mol. The van der Waals surface area contributed by atoms with Gasteiger partial charge in [-0.15, -0.1) is 5.10 Å². The third-order valence-corrected chi connectivity index (χ3v) is 4.62. The number of benzene rings is 1. The van der Waals surface area contributed by atoms with Crippen molar-refractivity contribution in [3.05, 3.63) is 46.1 Å². The average molecular weight is 388 g/mol. The molecule has 0 radical (unpaired) electrons. The van der Waals surface area contributed by atoms with Gasteiger partial charge in [0, 0.05) is 16.7 Å². The fraction of sp³-hybridized carbons (Fsp3) is 0.389. The summed E-state index contributed by atoms with van der Waals surface area (Å²) >= 11 is 3.47. The summed E-state index contributed by atoms with van der Waals surface area (Å²) < 4.78 is 1.06. The molecule has 1 heterocycles. The first kappa shape index (κ1) is 16.9. The van der Waals surface area contributed by atoms with E-state index < -0.39 is 0 Å². The van der Waals surface area contributed by atoms with Gasteiger partial charge in [0.2, 0.25) is 5.95 Å². The van der Waals surface area contributed by atoms with Gasteiger partial charge < -0.3 is 10.6 Å². The van der Waals surface area contributed by atoms with Crippen molar-refractivity contribution in [2.24, 2.45) is 0 Å². The van der Waals surface area contributed by atoms with Crippen LogP contribution in [-0.2, 0) is 0 Å². The van der Waals surface area contributed by atoms with Gasteiger partial charge in [0.15, 0.2) is 5.82 Å². The Morgan fingerprint density at radius 3 is 2.96 bits per heavy atom. The third-order valence-electron chi connectivity index (χ3n) is 4.12. The van der Waals surface area contributed by atoms with Gasteiger partial charge in [0.05, 0.1) is 6.20 Å². The molecule has 0 aliphatic heterocycles. The van der Waals surface area contributed by atoms with Gasteiger partial charge >= 0.3 is 0 Å². The first-order valence-corrected chi connectivity index (χ1v) is 9.15. The lowest BCUT2D eigenvalue weighted by molar-refractivity contribution is 0.679. The Hall–Kier alpha value is -1.95. The van der Waals surface area contributed by atoms with Gasteiger partial charge in [-0.2, -0.15) is 10.1 Å². The number of rotatable bonds is 6. The maximum atomic E-state index is 4.49. The zero-order chi connectivity index (χ0) is 16.8. The van der Waals surface area contributed by atoms with E-state index in [0.29, 0.717) is 11.8 Å². The molecule has 5 nitrogen and oxygen atoms in total. The smallest absolute Gasteiger partial charge is 0.244 e. The highest BCUT2D eigenvalue weighted by Crippen LogP contribution is 2.23. The van der Waals surface area contributed by atoms with Crippen molar-refractivity contribution < 1.29 is 0 Å². The largest absolute Gasteiger partial charge is 0.353 e. The molecule has 0 bridgehead atoms. The number of nitrogens with one attached hydrogen (secondary N) is 2. The fourth-order valence-corrected chi connectivity index (χ4v) is 3.29. The number of aryl methyl sites for hydroxylation is 1. The fourth-order valence-electron chi connectivity index (χ4n) is 2.81. The maximum absolute atomic E-state index is 4.49. The summed E-state index contributed by atoms with van der Waals surface area (Å²) in [5, 5.41) is 14.7. The summed E-state index contributed by atoms with van der Waals surface area (Å²) in [4.78, 5) is 4.49. The van der Waals surface area contributed by atoms with Crippen molar-refractivity contribution in [3.63, 3.8) is 0 Å². The molecule has 0 saturated carbocycles. The van der Waals surface area contributed by atoms with Crippen molar-refractivity contribution in [2.45, 2.75) is 39.0 Å². The predicted octanol–water partition coefficient (Wildman–Crippen LogP) is 4.99. The van der Waals surface area contributed by atoms with Crippen LogP contribution in [0.25, 0.3) is 0 Å². The van der Waals surface area contributed by atoms with Gasteiger partial charge in [-0.25, -0.2) is 0 Å². The van der Waals surface area contributed by atoms with Crippen LogP contribution in [-0.4, -0.2) is 21.7 Å². The molecular weight excluding hydrogens is 366 g/mol. The van der Waals surface area contributed by atoms with Crippen molar-refractivity contribution in [2.75, 3.05) is 17.2 Å². The van der Waals surface area contributed by atoms with E-state index in [1.165, 1.54) is 25.7 Å². The van der Waals surface area contributed by atoms with Crippen LogP contribution in [0.2, 0.25) is 0 Å². The Kier molecular flexibility index (Phi) is 5.80. The number of hydrogen-bond donors (Lipinski definition) is 2. The van der Waals surface area contributed by atoms with Crippen LogP contribution < -0.4 is 10.6 Å². The van der Waals surface area contributed by atoms with Crippen LogP contribution in [0.15, 0.2) is 40.5 Å². The van der Waals surface area contributed by atoms with E-state index in [0.717, 1.165) is 28.7 Å². The second-order valence-electron chi connectivity index (χ2n) is 6.03. The Bertz CT molecular complexity index is 729. The first-order valence-electron chi connectivity index (χ1n) is 8.35. The Morgan fingerprint density at radius 1 is 1.25 bits per heavy atom. The standard InChI is InChI=1S/C18H22BrN5/c1-13-11-15(19)7-8-16(13)22-17-12-21-24-18(23-17)20-10-9-14-5-3-2-4-6-14/h5,7-8,11-12H,2-4,6,9-10H2,1H3,(H2,20,22,23,24). The van der Waals surface area contributed by atoms with Crippen LogP contribution >= 0.6 is 15.9 Å².